The van der Waals surface area contributed by atoms with Crippen LogP contribution in [0, 0.1) is 0 Å². The van der Waals surface area contributed by atoms with Gasteiger partial charge in [-0.25, -0.2) is 4.99 Å². The minimum atomic E-state index is -0.0409. The fourth-order valence-electron chi connectivity index (χ4n) is 2.07. The molecule has 1 aromatic carbocycles. The summed E-state index contributed by atoms with van der Waals surface area (Å²) in [4.78, 5) is 19.6. The summed E-state index contributed by atoms with van der Waals surface area (Å²) in [6.07, 6.45) is 0. The van der Waals surface area contributed by atoms with Crippen molar-refractivity contribution < 1.29 is 14.3 Å². The zero-order valence-electron chi connectivity index (χ0n) is 15.4. The van der Waals surface area contributed by atoms with Gasteiger partial charge in [-0.3, -0.25) is 4.79 Å². The van der Waals surface area contributed by atoms with E-state index < -0.39 is 0 Å². The van der Waals surface area contributed by atoms with Gasteiger partial charge in [0.25, 0.3) is 0 Å². The van der Waals surface area contributed by atoms with Crippen LogP contribution in [0.2, 0.25) is 0 Å². The molecule has 0 bridgehead atoms. The third-order valence-corrected chi connectivity index (χ3v) is 3.46. The second-order valence-electron chi connectivity index (χ2n) is 5.49. The van der Waals surface area contributed by atoms with Gasteiger partial charge in [-0.2, -0.15) is 0 Å². The van der Waals surface area contributed by atoms with E-state index in [4.69, 9.17) is 9.47 Å². The van der Waals surface area contributed by atoms with Crippen molar-refractivity contribution in [2.45, 2.75) is 13.5 Å². The van der Waals surface area contributed by atoms with Crippen molar-refractivity contribution in [2.24, 2.45) is 4.99 Å². The van der Waals surface area contributed by atoms with E-state index in [1.807, 2.05) is 37.1 Å². The van der Waals surface area contributed by atoms with E-state index in [0.717, 1.165) is 23.6 Å². The number of rotatable bonds is 7. The first-order valence-electron chi connectivity index (χ1n) is 7.83. The quantitative estimate of drug-likeness (QED) is 0.598. The number of guanidine groups is 1. The molecule has 0 aliphatic carbocycles. The molecule has 0 heterocycles. The Hall–Kier alpha value is -2.44. The molecule has 134 valence electrons. The van der Waals surface area contributed by atoms with Crippen LogP contribution in [0.1, 0.15) is 12.5 Å². The summed E-state index contributed by atoms with van der Waals surface area (Å²) < 4.78 is 10.6. The second-order valence-corrected chi connectivity index (χ2v) is 5.49. The molecule has 0 atom stereocenters. The maximum absolute atomic E-state index is 11.7. The van der Waals surface area contributed by atoms with Gasteiger partial charge in [-0.05, 0) is 19.1 Å². The van der Waals surface area contributed by atoms with Crippen LogP contribution < -0.4 is 14.8 Å². The number of nitrogens with zero attached hydrogens (tertiary/aromatic N) is 3. The van der Waals surface area contributed by atoms with Crippen LogP contribution in [0.5, 0.6) is 11.5 Å². The average molecular weight is 336 g/mol. The van der Waals surface area contributed by atoms with Crippen molar-refractivity contribution >= 4 is 11.9 Å². The van der Waals surface area contributed by atoms with Gasteiger partial charge < -0.3 is 24.6 Å². The maximum atomic E-state index is 11.7. The van der Waals surface area contributed by atoms with Gasteiger partial charge in [0.15, 0.2) is 5.96 Å². The van der Waals surface area contributed by atoms with E-state index in [0.29, 0.717) is 12.5 Å². The lowest BCUT2D eigenvalue weighted by Gasteiger charge is -2.23. The van der Waals surface area contributed by atoms with E-state index in [-0.39, 0.29) is 12.5 Å². The Morgan fingerprint density at radius 1 is 1.21 bits per heavy atom. The van der Waals surface area contributed by atoms with E-state index in [1.54, 1.807) is 28.3 Å². The Morgan fingerprint density at radius 3 is 2.46 bits per heavy atom. The molecule has 0 saturated carbocycles. The van der Waals surface area contributed by atoms with Crippen LogP contribution in [-0.2, 0) is 11.3 Å². The van der Waals surface area contributed by atoms with Crippen LogP contribution >= 0.6 is 0 Å². The number of benzene rings is 1. The predicted octanol–water partition coefficient (Wildman–Crippen LogP) is 1.19. The van der Waals surface area contributed by atoms with Gasteiger partial charge in [0, 0.05) is 45.9 Å². The molecule has 1 rings (SSSR count). The smallest absolute Gasteiger partial charge is 0.243 e. The Labute approximate surface area is 144 Å². The number of likely N-dealkylation sites (N-methyl/N-ethyl adjacent to an activating group) is 1. The predicted molar refractivity (Wildman–Crippen MR) is 95.7 cm³/mol. The van der Waals surface area contributed by atoms with E-state index in [9.17, 15) is 4.79 Å². The molecule has 0 radical (unpaired) electrons. The summed E-state index contributed by atoms with van der Waals surface area (Å²) in [5.41, 5.74) is 1.00. The van der Waals surface area contributed by atoms with Crippen molar-refractivity contribution in [3.05, 3.63) is 23.8 Å². The molecular weight excluding hydrogens is 308 g/mol. The molecule has 1 aromatic rings. The van der Waals surface area contributed by atoms with Gasteiger partial charge >= 0.3 is 0 Å². The lowest BCUT2D eigenvalue weighted by molar-refractivity contribution is -0.127. The average Bonchev–Trinajstić information content (AvgIpc) is 2.58. The lowest BCUT2D eigenvalue weighted by Crippen LogP contribution is -2.39. The Bertz CT molecular complexity index is 573. The largest absolute Gasteiger partial charge is 0.497 e. The van der Waals surface area contributed by atoms with Gasteiger partial charge in [-0.15, -0.1) is 0 Å². The molecule has 0 unspecified atom stereocenters. The number of carbonyl (C=O) groups excluding carboxylic acids is 1. The zero-order valence-corrected chi connectivity index (χ0v) is 15.4. The van der Waals surface area contributed by atoms with Crippen LogP contribution in [-0.4, -0.2) is 70.1 Å². The zero-order chi connectivity index (χ0) is 18.1. The second kappa shape index (κ2) is 9.64. The first-order valence-corrected chi connectivity index (χ1v) is 7.83. The van der Waals surface area contributed by atoms with Crippen LogP contribution in [0.25, 0.3) is 0 Å². The number of nitrogens with one attached hydrogen (secondary N) is 1. The molecule has 0 saturated heterocycles. The van der Waals surface area contributed by atoms with Gasteiger partial charge in [0.05, 0.1) is 14.2 Å². The molecular formula is C17H28N4O3. The Kier molecular flexibility index (Phi) is 7.88. The first kappa shape index (κ1) is 19.6. The molecule has 7 heteroatoms. The monoisotopic (exact) mass is 336 g/mol. The summed E-state index contributed by atoms with van der Waals surface area (Å²) >= 11 is 0. The standard InChI is InChI=1S/C17H28N4O3/c1-7-18-17(19-11-16(22)20(2)3)21(4)12-13-8-9-14(23-5)10-15(13)24-6/h8-10H,7,11-12H2,1-6H3,(H,18,19). The van der Waals surface area contributed by atoms with Crippen molar-refractivity contribution in [3.63, 3.8) is 0 Å². The highest BCUT2D eigenvalue weighted by Gasteiger charge is 2.12. The topological polar surface area (TPSA) is 66.4 Å². The molecule has 1 amide bonds. The van der Waals surface area contributed by atoms with E-state index in [1.165, 1.54) is 4.90 Å². The SMILES string of the molecule is CCNC(=NCC(=O)N(C)C)N(C)Cc1ccc(OC)cc1OC. The molecule has 7 nitrogen and oxygen atoms in total. The number of amides is 1. The number of hydrogen-bond acceptors (Lipinski definition) is 4. The Balaban J connectivity index is 2.90. The Morgan fingerprint density at radius 2 is 1.92 bits per heavy atom. The summed E-state index contributed by atoms with van der Waals surface area (Å²) in [5, 5.41) is 3.20. The summed E-state index contributed by atoms with van der Waals surface area (Å²) in [7, 11) is 8.62. The normalized spacial score (nSPS) is 11.0. The number of aliphatic imine (C=N–C) groups is 1. The van der Waals surface area contributed by atoms with Crippen molar-refractivity contribution in [2.75, 3.05) is 48.5 Å². The fourth-order valence-corrected chi connectivity index (χ4v) is 2.07. The molecule has 0 spiro atoms. The van der Waals surface area contributed by atoms with Crippen LogP contribution in [0.3, 0.4) is 0 Å². The van der Waals surface area contributed by atoms with E-state index >= 15 is 0 Å². The minimum absolute atomic E-state index is 0.0409. The summed E-state index contributed by atoms with van der Waals surface area (Å²) in [6.45, 7) is 3.42. The van der Waals surface area contributed by atoms with E-state index in [2.05, 4.69) is 10.3 Å². The van der Waals surface area contributed by atoms with Gasteiger partial charge in [-0.1, -0.05) is 0 Å². The van der Waals surface area contributed by atoms with Gasteiger partial charge in [0.1, 0.15) is 18.0 Å². The summed E-state index contributed by atoms with van der Waals surface area (Å²) in [6, 6.07) is 5.71. The van der Waals surface area contributed by atoms with Gasteiger partial charge in [0.2, 0.25) is 5.91 Å². The van der Waals surface area contributed by atoms with Crippen LogP contribution in [0.15, 0.2) is 23.2 Å². The van der Waals surface area contributed by atoms with Crippen molar-refractivity contribution in [1.29, 1.82) is 0 Å². The highest BCUT2D eigenvalue weighted by molar-refractivity contribution is 5.84. The fraction of sp³-hybridized carbons (Fsp3) is 0.529. The van der Waals surface area contributed by atoms with Crippen molar-refractivity contribution in [3.8, 4) is 11.5 Å². The summed E-state index contributed by atoms with van der Waals surface area (Å²) in [5.74, 6) is 2.13. The molecule has 0 aliphatic rings. The van der Waals surface area contributed by atoms with Crippen molar-refractivity contribution in [1.82, 2.24) is 15.1 Å². The highest BCUT2D eigenvalue weighted by Crippen LogP contribution is 2.25. The molecule has 24 heavy (non-hydrogen) atoms. The number of carbonyl (C=O) groups is 1. The molecule has 0 aliphatic heterocycles. The highest BCUT2D eigenvalue weighted by atomic mass is 16.5. The molecule has 1 N–H and O–H groups in total. The number of ether oxygens (including phenoxy) is 2. The minimum Gasteiger partial charge on any atom is -0.497 e. The number of hydrogen-bond donors (Lipinski definition) is 1. The third-order valence-electron chi connectivity index (χ3n) is 3.46. The molecule has 0 fully saturated rings. The third kappa shape index (κ3) is 5.64. The first-order chi connectivity index (χ1) is 11.4. The van der Waals surface area contributed by atoms with Crippen LogP contribution in [0.4, 0.5) is 0 Å². The lowest BCUT2D eigenvalue weighted by atomic mass is 10.2. The molecule has 0 aromatic heterocycles. The number of methoxy groups -OCH3 is 2. The maximum Gasteiger partial charge on any atom is 0.243 e.